The topological polar surface area (TPSA) is 85.6 Å². The van der Waals surface area contributed by atoms with Crippen LogP contribution in [0.1, 0.15) is 11.1 Å². The Hall–Kier alpha value is -2.10. The van der Waals surface area contributed by atoms with Crippen LogP contribution in [0.25, 0.3) is 0 Å². The van der Waals surface area contributed by atoms with Crippen LogP contribution in [0.2, 0.25) is 0 Å². The van der Waals surface area contributed by atoms with Crippen molar-refractivity contribution in [3.63, 3.8) is 0 Å². The van der Waals surface area contributed by atoms with Gasteiger partial charge in [0.1, 0.15) is 17.9 Å². The van der Waals surface area contributed by atoms with Crippen molar-refractivity contribution in [1.82, 2.24) is 10.2 Å². The predicted octanol–water partition coefficient (Wildman–Crippen LogP) is 0.425. The van der Waals surface area contributed by atoms with Gasteiger partial charge in [-0.2, -0.15) is 5.26 Å². The summed E-state index contributed by atoms with van der Waals surface area (Å²) in [5.74, 6) is -0.294. The van der Waals surface area contributed by atoms with Crippen molar-refractivity contribution in [2.24, 2.45) is 0 Å². The van der Waals surface area contributed by atoms with Crippen molar-refractivity contribution in [3.05, 3.63) is 29.3 Å². The molecule has 0 aromatic heterocycles. The largest absolute Gasteiger partial charge is 0.495 e. The standard InChI is InChI=1S/C14H17N3O3/c1-20-13-3-2-10(6-11(13)7-15)9-17-5-4-16-8-12(17)14(18)19/h2-3,6,12,16H,4-5,8-9H2,1H3,(H,18,19). The minimum absolute atomic E-state index is 0.441. The minimum atomic E-state index is -0.828. The van der Waals surface area contributed by atoms with Crippen LogP contribution in [0.3, 0.4) is 0 Å². The maximum atomic E-state index is 11.2. The first kappa shape index (κ1) is 14.3. The Kier molecular flexibility index (Phi) is 4.56. The number of nitrogens with one attached hydrogen (secondary N) is 1. The summed E-state index contributed by atoms with van der Waals surface area (Å²) in [6.45, 7) is 2.39. The third-order valence-corrected chi connectivity index (χ3v) is 3.41. The molecular formula is C14H17N3O3. The Balaban J connectivity index is 2.16. The van der Waals surface area contributed by atoms with E-state index >= 15 is 0 Å². The van der Waals surface area contributed by atoms with Gasteiger partial charge in [0.2, 0.25) is 0 Å². The zero-order valence-electron chi connectivity index (χ0n) is 11.3. The molecule has 6 nitrogen and oxygen atoms in total. The van der Waals surface area contributed by atoms with Crippen LogP contribution >= 0.6 is 0 Å². The van der Waals surface area contributed by atoms with Crippen molar-refractivity contribution in [3.8, 4) is 11.8 Å². The highest BCUT2D eigenvalue weighted by atomic mass is 16.5. The Bertz CT molecular complexity index is 539. The van der Waals surface area contributed by atoms with Crippen LogP contribution in [-0.2, 0) is 11.3 Å². The van der Waals surface area contributed by atoms with Gasteiger partial charge in [-0.05, 0) is 17.7 Å². The molecule has 0 bridgehead atoms. The van der Waals surface area contributed by atoms with Crippen LogP contribution in [0.5, 0.6) is 5.75 Å². The van der Waals surface area contributed by atoms with Crippen LogP contribution in [0.15, 0.2) is 18.2 Å². The summed E-state index contributed by atoms with van der Waals surface area (Å²) in [5, 5.41) is 21.4. The van der Waals surface area contributed by atoms with Crippen LogP contribution in [0, 0.1) is 11.3 Å². The summed E-state index contributed by atoms with van der Waals surface area (Å²) in [6.07, 6.45) is 0. The molecule has 6 heteroatoms. The molecule has 1 atom stereocenters. The van der Waals surface area contributed by atoms with E-state index in [0.717, 1.165) is 12.1 Å². The summed E-state index contributed by atoms with van der Waals surface area (Å²) < 4.78 is 5.10. The van der Waals surface area contributed by atoms with E-state index in [9.17, 15) is 9.90 Å². The molecule has 0 saturated carbocycles. The maximum absolute atomic E-state index is 11.2. The molecule has 0 aliphatic carbocycles. The van der Waals surface area contributed by atoms with Crippen LogP contribution in [-0.4, -0.2) is 48.8 Å². The number of nitriles is 1. The van der Waals surface area contributed by atoms with E-state index in [4.69, 9.17) is 10.00 Å². The summed E-state index contributed by atoms with van der Waals surface area (Å²) in [4.78, 5) is 13.1. The summed E-state index contributed by atoms with van der Waals surface area (Å²) in [5.41, 5.74) is 1.38. The number of carboxylic acids is 1. The quantitative estimate of drug-likeness (QED) is 0.828. The first-order valence-corrected chi connectivity index (χ1v) is 6.40. The molecule has 0 amide bonds. The fraction of sp³-hybridized carbons (Fsp3) is 0.429. The second-order valence-corrected chi connectivity index (χ2v) is 4.68. The van der Waals surface area contributed by atoms with Gasteiger partial charge in [-0.15, -0.1) is 0 Å². The summed E-state index contributed by atoms with van der Waals surface area (Å²) in [6, 6.07) is 6.91. The SMILES string of the molecule is COc1ccc(CN2CCNCC2C(=O)O)cc1C#N. The van der Waals surface area contributed by atoms with Gasteiger partial charge < -0.3 is 15.2 Å². The number of ether oxygens (including phenoxy) is 1. The monoisotopic (exact) mass is 275 g/mol. The Labute approximate surface area is 117 Å². The number of piperazine rings is 1. The van der Waals surface area contributed by atoms with E-state index < -0.39 is 12.0 Å². The highest BCUT2D eigenvalue weighted by Gasteiger charge is 2.28. The Morgan fingerprint density at radius 3 is 3.10 bits per heavy atom. The predicted molar refractivity (Wildman–Crippen MR) is 72.4 cm³/mol. The molecule has 1 heterocycles. The molecular weight excluding hydrogens is 258 g/mol. The number of carboxylic acid groups (broad SMARTS) is 1. The lowest BCUT2D eigenvalue weighted by Gasteiger charge is -2.33. The third kappa shape index (κ3) is 3.07. The van der Waals surface area contributed by atoms with Crippen LogP contribution < -0.4 is 10.1 Å². The van der Waals surface area contributed by atoms with Crippen molar-refractivity contribution in [1.29, 1.82) is 5.26 Å². The molecule has 0 spiro atoms. The molecule has 1 fully saturated rings. The normalized spacial score (nSPS) is 19.3. The lowest BCUT2D eigenvalue weighted by atomic mass is 10.1. The zero-order valence-corrected chi connectivity index (χ0v) is 11.3. The second kappa shape index (κ2) is 6.37. The van der Waals surface area contributed by atoms with Crippen LogP contribution in [0.4, 0.5) is 0 Å². The van der Waals surface area contributed by atoms with E-state index in [1.54, 1.807) is 12.1 Å². The molecule has 1 aromatic rings. The van der Waals surface area contributed by atoms with E-state index in [2.05, 4.69) is 11.4 Å². The summed E-state index contributed by atoms with van der Waals surface area (Å²) >= 11 is 0. The fourth-order valence-electron chi connectivity index (χ4n) is 2.35. The second-order valence-electron chi connectivity index (χ2n) is 4.68. The highest BCUT2D eigenvalue weighted by molar-refractivity contribution is 5.74. The molecule has 106 valence electrons. The first-order valence-electron chi connectivity index (χ1n) is 6.40. The molecule has 2 rings (SSSR count). The number of benzene rings is 1. The average Bonchev–Trinajstić information content (AvgIpc) is 2.47. The zero-order chi connectivity index (χ0) is 14.5. The van der Waals surface area contributed by atoms with Crippen molar-refractivity contribution in [2.45, 2.75) is 12.6 Å². The lowest BCUT2D eigenvalue weighted by Crippen LogP contribution is -2.54. The fourth-order valence-corrected chi connectivity index (χ4v) is 2.35. The summed E-state index contributed by atoms with van der Waals surface area (Å²) in [7, 11) is 1.52. The number of carbonyl (C=O) groups is 1. The van der Waals surface area contributed by atoms with Gasteiger partial charge in [0.25, 0.3) is 0 Å². The highest BCUT2D eigenvalue weighted by Crippen LogP contribution is 2.20. The molecule has 2 N–H and O–H groups in total. The Morgan fingerprint density at radius 1 is 1.65 bits per heavy atom. The van der Waals surface area contributed by atoms with Gasteiger partial charge in [-0.25, -0.2) is 0 Å². The van der Waals surface area contributed by atoms with E-state index in [0.29, 0.717) is 30.9 Å². The third-order valence-electron chi connectivity index (χ3n) is 3.41. The van der Waals surface area contributed by atoms with Crippen molar-refractivity contribution < 1.29 is 14.6 Å². The smallest absolute Gasteiger partial charge is 0.322 e. The molecule has 1 aliphatic rings. The molecule has 1 aromatic carbocycles. The first-order chi connectivity index (χ1) is 9.65. The minimum Gasteiger partial charge on any atom is -0.495 e. The molecule has 0 radical (unpaired) electrons. The van der Waals surface area contributed by atoms with Gasteiger partial charge >= 0.3 is 5.97 Å². The Morgan fingerprint density at radius 2 is 2.45 bits per heavy atom. The number of hydrogen-bond donors (Lipinski definition) is 2. The number of nitrogens with zero attached hydrogens (tertiary/aromatic N) is 2. The number of aliphatic carboxylic acids is 1. The number of methoxy groups -OCH3 is 1. The lowest BCUT2D eigenvalue weighted by molar-refractivity contribution is -0.144. The van der Waals surface area contributed by atoms with Gasteiger partial charge in [0, 0.05) is 26.2 Å². The molecule has 20 heavy (non-hydrogen) atoms. The molecule has 1 aliphatic heterocycles. The molecule has 1 unspecified atom stereocenters. The molecule has 1 saturated heterocycles. The van der Waals surface area contributed by atoms with Crippen molar-refractivity contribution >= 4 is 5.97 Å². The van der Waals surface area contributed by atoms with Crippen molar-refractivity contribution in [2.75, 3.05) is 26.7 Å². The van der Waals surface area contributed by atoms with Gasteiger partial charge in [0.05, 0.1) is 12.7 Å². The van der Waals surface area contributed by atoms with Gasteiger partial charge in [-0.3, -0.25) is 9.69 Å². The number of rotatable bonds is 4. The number of hydrogen-bond acceptors (Lipinski definition) is 5. The van der Waals surface area contributed by atoms with E-state index in [1.807, 2.05) is 11.0 Å². The average molecular weight is 275 g/mol. The van der Waals surface area contributed by atoms with E-state index in [1.165, 1.54) is 7.11 Å². The maximum Gasteiger partial charge on any atom is 0.322 e. The van der Waals surface area contributed by atoms with E-state index in [-0.39, 0.29) is 0 Å². The van der Waals surface area contributed by atoms with Gasteiger partial charge in [-0.1, -0.05) is 6.07 Å². The van der Waals surface area contributed by atoms with Gasteiger partial charge in [0.15, 0.2) is 0 Å².